The van der Waals surface area contributed by atoms with Crippen LogP contribution in [-0.2, 0) is 9.84 Å². The third-order valence-corrected chi connectivity index (χ3v) is 10.3. The minimum Gasteiger partial charge on any atom is -0.492 e. The molecular formula is C40H39F2N7O4S. The van der Waals surface area contributed by atoms with Crippen LogP contribution in [0.1, 0.15) is 41.6 Å². The number of fused-ring (bicyclic) bond motifs is 1. The van der Waals surface area contributed by atoms with E-state index in [0.29, 0.717) is 64.7 Å². The molecule has 0 saturated carbocycles. The number of nitrogens with one attached hydrogen (secondary N) is 2. The predicted octanol–water partition coefficient (Wildman–Crippen LogP) is 7.36. The minimum absolute atomic E-state index is 0.169. The van der Waals surface area contributed by atoms with Crippen LogP contribution in [0, 0.1) is 11.6 Å². The number of anilines is 3. The number of para-hydroxylation sites is 1. The van der Waals surface area contributed by atoms with Crippen molar-refractivity contribution in [2.75, 3.05) is 48.9 Å². The number of hydrogen-bond donors (Lipinski definition) is 2. The summed E-state index contributed by atoms with van der Waals surface area (Å²) in [5, 5.41) is 5.68. The van der Waals surface area contributed by atoms with Gasteiger partial charge in [-0.1, -0.05) is 30.3 Å². The summed E-state index contributed by atoms with van der Waals surface area (Å²) < 4.78 is 59.9. The Morgan fingerprint density at radius 3 is 2.48 bits per heavy atom. The fourth-order valence-electron chi connectivity index (χ4n) is 6.68. The number of hydrogen-bond acceptors (Lipinski definition) is 9. The molecule has 0 unspecified atom stereocenters. The lowest BCUT2D eigenvalue weighted by Crippen LogP contribution is -2.36. The van der Waals surface area contributed by atoms with Gasteiger partial charge in [0.05, 0.1) is 35.1 Å². The highest BCUT2D eigenvalue weighted by Gasteiger charge is 2.24. The number of halogens is 2. The third kappa shape index (κ3) is 8.24. The van der Waals surface area contributed by atoms with Gasteiger partial charge < -0.3 is 20.3 Å². The lowest BCUT2D eigenvalue weighted by atomic mass is 9.89. The molecule has 1 saturated heterocycles. The average molecular weight is 752 g/mol. The maximum Gasteiger partial charge on any atom is 0.255 e. The molecule has 0 radical (unpaired) electrons. The number of carbonyl (C=O) groups is 1. The zero-order chi connectivity index (χ0) is 37.8. The summed E-state index contributed by atoms with van der Waals surface area (Å²) in [6.45, 7) is 4.61. The molecule has 7 rings (SSSR count). The highest BCUT2D eigenvalue weighted by molar-refractivity contribution is 7.90. The number of aromatic nitrogens is 4. The number of piperidine rings is 1. The van der Waals surface area contributed by atoms with Crippen LogP contribution < -0.4 is 15.4 Å². The molecule has 278 valence electrons. The van der Waals surface area contributed by atoms with Crippen LogP contribution in [0.15, 0.2) is 97.3 Å². The number of carbonyl (C=O) groups excluding carboxylic acids is 1. The SMILES string of the molecule is CCOc1cc(C2CCN(CCS(C)(=O)=O)CC2)ccc1Nc1nccc(-c2c(-c3cccc(C(=O)Nc4c(F)cccc4F)c3)nc3ccccn23)n1. The molecule has 2 N–H and O–H groups in total. The van der Waals surface area contributed by atoms with Gasteiger partial charge in [0.15, 0.2) is 0 Å². The van der Waals surface area contributed by atoms with Gasteiger partial charge in [-0.3, -0.25) is 9.20 Å². The summed E-state index contributed by atoms with van der Waals surface area (Å²) >= 11 is 0. The van der Waals surface area contributed by atoms with Gasteiger partial charge >= 0.3 is 0 Å². The van der Waals surface area contributed by atoms with E-state index in [4.69, 9.17) is 14.7 Å². The van der Waals surface area contributed by atoms with Gasteiger partial charge in [0.1, 0.15) is 38.6 Å². The van der Waals surface area contributed by atoms with Crippen molar-refractivity contribution in [3.63, 3.8) is 0 Å². The van der Waals surface area contributed by atoms with E-state index in [1.807, 2.05) is 47.9 Å². The second-order valence-corrected chi connectivity index (χ2v) is 15.5. The second kappa shape index (κ2) is 15.7. The maximum absolute atomic E-state index is 14.3. The number of rotatable bonds is 12. The Morgan fingerprint density at radius 2 is 1.72 bits per heavy atom. The number of amides is 1. The zero-order valence-electron chi connectivity index (χ0n) is 29.8. The molecule has 1 aliphatic rings. The van der Waals surface area contributed by atoms with E-state index >= 15 is 0 Å². The normalized spacial score (nSPS) is 13.9. The van der Waals surface area contributed by atoms with Crippen LogP contribution in [0.2, 0.25) is 0 Å². The van der Waals surface area contributed by atoms with Crippen molar-refractivity contribution in [2.45, 2.75) is 25.7 Å². The van der Waals surface area contributed by atoms with Crippen molar-refractivity contribution in [3.05, 3.63) is 120 Å². The molecule has 1 aliphatic heterocycles. The third-order valence-electron chi connectivity index (χ3n) is 9.42. The monoisotopic (exact) mass is 751 g/mol. The molecule has 6 aromatic rings. The Labute approximate surface area is 312 Å². The Bertz CT molecular complexity index is 2410. The van der Waals surface area contributed by atoms with Gasteiger partial charge in [0.25, 0.3) is 5.91 Å². The van der Waals surface area contributed by atoms with E-state index in [1.54, 1.807) is 30.5 Å². The molecule has 0 spiro atoms. The maximum atomic E-state index is 14.3. The first-order valence-electron chi connectivity index (χ1n) is 17.7. The lowest BCUT2D eigenvalue weighted by molar-refractivity contribution is 0.102. The van der Waals surface area contributed by atoms with Crippen LogP contribution in [0.3, 0.4) is 0 Å². The molecule has 0 aliphatic carbocycles. The van der Waals surface area contributed by atoms with E-state index < -0.39 is 33.1 Å². The number of sulfone groups is 1. The number of nitrogens with zero attached hydrogens (tertiary/aromatic N) is 5. The van der Waals surface area contributed by atoms with Crippen molar-refractivity contribution in [1.82, 2.24) is 24.3 Å². The number of benzene rings is 3. The summed E-state index contributed by atoms with van der Waals surface area (Å²) in [7, 11) is -3.00. The van der Waals surface area contributed by atoms with Crippen molar-refractivity contribution >= 4 is 38.7 Å². The van der Waals surface area contributed by atoms with E-state index in [9.17, 15) is 22.0 Å². The molecular weight excluding hydrogens is 713 g/mol. The zero-order valence-corrected chi connectivity index (χ0v) is 30.6. The highest BCUT2D eigenvalue weighted by atomic mass is 32.2. The number of imidazole rings is 1. The predicted molar refractivity (Wildman–Crippen MR) is 205 cm³/mol. The number of pyridine rings is 1. The van der Waals surface area contributed by atoms with Crippen molar-refractivity contribution in [2.24, 2.45) is 0 Å². The van der Waals surface area contributed by atoms with Crippen LogP contribution >= 0.6 is 0 Å². The molecule has 1 amide bonds. The number of likely N-dealkylation sites (tertiary alicyclic amines) is 1. The first-order chi connectivity index (χ1) is 26.1. The van der Waals surface area contributed by atoms with Gasteiger partial charge in [-0.15, -0.1) is 0 Å². The van der Waals surface area contributed by atoms with Crippen LogP contribution in [0.4, 0.5) is 26.1 Å². The second-order valence-electron chi connectivity index (χ2n) is 13.2. The van der Waals surface area contributed by atoms with Gasteiger partial charge in [-0.25, -0.2) is 32.2 Å². The molecule has 3 aromatic carbocycles. The van der Waals surface area contributed by atoms with E-state index in [-0.39, 0.29) is 11.3 Å². The average Bonchev–Trinajstić information content (AvgIpc) is 3.56. The van der Waals surface area contributed by atoms with Gasteiger partial charge in [-0.05, 0) is 98.9 Å². The Balaban J connectivity index is 1.15. The van der Waals surface area contributed by atoms with Gasteiger partial charge in [-0.2, -0.15) is 0 Å². The molecule has 0 bridgehead atoms. The Hall–Kier alpha value is -5.73. The van der Waals surface area contributed by atoms with Crippen molar-refractivity contribution in [3.8, 4) is 28.4 Å². The summed E-state index contributed by atoms with van der Waals surface area (Å²) in [6.07, 6.45) is 6.64. The molecule has 14 heteroatoms. The van der Waals surface area contributed by atoms with Gasteiger partial charge in [0.2, 0.25) is 5.95 Å². The Kier molecular flexibility index (Phi) is 10.7. The topological polar surface area (TPSA) is 131 Å². The molecule has 0 atom stereocenters. The summed E-state index contributed by atoms with van der Waals surface area (Å²) in [5.74, 6) is -0.928. The first-order valence-corrected chi connectivity index (χ1v) is 19.7. The van der Waals surface area contributed by atoms with Crippen LogP contribution in [0.5, 0.6) is 5.75 Å². The quantitative estimate of drug-likeness (QED) is 0.132. The van der Waals surface area contributed by atoms with Gasteiger partial charge in [0, 0.05) is 36.3 Å². The molecule has 54 heavy (non-hydrogen) atoms. The summed E-state index contributed by atoms with van der Waals surface area (Å²) in [5.41, 5.74) is 4.52. The van der Waals surface area contributed by atoms with Crippen molar-refractivity contribution < 1.29 is 26.7 Å². The molecule has 3 aromatic heterocycles. The first kappa shape index (κ1) is 36.6. The summed E-state index contributed by atoms with van der Waals surface area (Å²) in [4.78, 5) is 29.7. The lowest BCUT2D eigenvalue weighted by Gasteiger charge is -2.32. The summed E-state index contributed by atoms with van der Waals surface area (Å²) in [6, 6.07) is 23.6. The van der Waals surface area contributed by atoms with E-state index in [2.05, 4.69) is 32.7 Å². The minimum atomic E-state index is -3.00. The number of ether oxygens (including phenoxy) is 1. The molecule has 1 fully saturated rings. The van der Waals surface area contributed by atoms with E-state index in [1.165, 1.54) is 12.3 Å². The van der Waals surface area contributed by atoms with Crippen LogP contribution in [0.25, 0.3) is 28.3 Å². The highest BCUT2D eigenvalue weighted by Crippen LogP contribution is 2.36. The Morgan fingerprint density at radius 1 is 0.944 bits per heavy atom. The fourth-order valence-corrected chi connectivity index (χ4v) is 7.27. The van der Waals surface area contributed by atoms with Crippen LogP contribution in [-0.4, -0.2) is 76.8 Å². The van der Waals surface area contributed by atoms with Crippen molar-refractivity contribution in [1.29, 1.82) is 0 Å². The van der Waals surface area contributed by atoms with E-state index in [0.717, 1.165) is 43.6 Å². The standard InChI is InChI=1S/C40H39F2N7O4S/c1-3-53-34-25-27(26-16-20-48(21-17-26)22-23-54(2,51)52)13-14-32(34)44-40-43-18-15-33(45-40)38-36(46-35-12-4-5-19-49(35)38)28-8-6-9-29(24-28)39(50)47-37-30(41)10-7-11-31(37)42/h4-15,18-19,24-26H,3,16-17,20-23H2,1-2H3,(H,47,50)(H,43,44,45). The molecule has 11 nitrogen and oxygen atoms in total. The molecule has 4 heterocycles. The smallest absolute Gasteiger partial charge is 0.255 e. The fraction of sp³-hybridized carbons (Fsp3) is 0.250. The largest absolute Gasteiger partial charge is 0.492 e.